The van der Waals surface area contributed by atoms with Crippen molar-refractivity contribution in [3.8, 4) is 0 Å². The van der Waals surface area contributed by atoms with Crippen LogP contribution in [0.1, 0.15) is 26.5 Å². The zero-order valence-electron chi connectivity index (χ0n) is 17.3. The van der Waals surface area contributed by atoms with Crippen molar-refractivity contribution >= 4 is 46.4 Å². The molecule has 2 heterocycles. The molecule has 2 aromatic carbocycles. The van der Waals surface area contributed by atoms with Crippen molar-refractivity contribution < 1.29 is 18.8 Å². The second-order valence-electron chi connectivity index (χ2n) is 7.35. The monoisotopic (exact) mass is 452 g/mol. The van der Waals surface area contributed by atoms with E-state index in [1.54, 1.807) is 48.5 Å². The van der Waals surface area contributed by atoms with Crippen LogP contribution < -0.4 is 20.9 Å². The van der Waals surface area contributed by atoms with E-state index < -0.39 is 5.91 Å². The number of anilines is 3. The van der Waals surface area contributed by atoms with E-state index >= 15 is 0 Å². The summed E-state index contributed by atoms with van der Waals surface area (Å²) in [6, 6.07) is 13.4. The standard InChI is InChI=1S/C23H21ClN4O4/c1-14-4-5-15(11-18(14)27-23(31)20-3-2-10-32-20)22(30)26-16-6-7-19(17(24)12-16)28-9-8-25-21(29)13-28/h2-7,10-12H,8-9,13H2,1H3,(H,25,29)(H,26,30)(H,27,31). The first-order valence-corrected chi connectivity index (χ1v) is 10.4. The smallest absolute Gasteiger partial charge is 0.291 e. The van der Waals surface area contributed by atoms with Crippen LogP contribution in [0.25, 0.3) is 0 Å². The van der Waals surface area contributed by atoms with Gasteiger partial charge < -0.3 is 25.3 Å². The third kappa shape index (κ3) is 4.76. The SMILES string of the molecule is Cc1ccc(C(=O)Nc2ccc(N3CCNC(=O)C3)c(Cl)c2)cc1NC(=O)c1ccco1. The Morgan fingerprint density at radius 1 is 1.09 bits per heavy atom. The highest BCUT2D eigenvalue weighted by molar-refractivity contribution is 6.33. The number of carbonyl (C=O) groups excluding carboxylic acids is 3. The lowest BCUT2D eigenvalue weighted by Gasteiger charge is -2.29. The summed E-state index contributed by atoms with van der Waals surface area (Å²) in [6.07, 6.45) is 1.42. The van der Waals surface area contributed by atoms with E-state index in [1.807, 2.05) is 11.8 Å². The number of hydrogen-bond acceptors (Lipinski definition) is 5. The predicted molar refractivity (Wildman–Crippen MR) is 122 cm³/mol. The topological polar surface area (TPSA) is 104 Å². The lowest BCUT2D eigenvalue weighted by molar-refractivity contribution is -0.120. The summed E-state index contributed by atoms with van der Waals surface area (Å²) in [5.41, 5.74) is 2.94. The van der Waals surface area contributed by atoms with E-state index in [0.29, 0.717) is 35.1 Å². The van der Waals surface area contributed by atoms with Crippen LogP contribution in [0.5, 0.6) is 0 Å². The molecular weight excluding hydrogens is 432 g/mol. The summed E-state index contributed by atoms with van der Waals surface area (Å²) in [4.78, 5) is 38.6. The number of aryl methyl sites for hydroxylation is 1. The molecule has 0 atom stereocenters. The highest BCUT2D eigenvalue weighted by Crippen LogP contribution is 2.29. The van der Waals surface area contributed by atoms with Crippen LogP contribution in [0.3, 0.4) is 0 Å². The molecule has 3 aromatic rings. The fourth-order valence-electron chi connectivity index (χ4n) is 3.38. The largest absolute Gasteiger partial charge is 0.459 e. The van der Waals surface area contributed by atoms with Crippen LogP contribution >= 0.6 is 11.6 Å². The van der Waals surface area contributed by atoms with Gasteiger partial charge in [0.2, 0.25) is 5.91 Å². The average Bonchev–Trinajstić information content (AvgIpc) is 3.30. The number of carbonyl (C=O) groups is 3. The van der Waals surface area contributed by atoms with E-state index in [2.05, 4.69) is 16.0 Å². The Hall–Kier alpha value is -3.78. The molecule has 0 unspecified atom stereocenters. The van der Waals surface area contributed by atoms with Crippen LogP contribution in [-0.2, 0) is 4.79 Å². The molecule has 1 fully saturated rings. The van der Waals surface area contributed by atoms with Gasteiger partial charge in [-0.3, -0.25) is 14.4 Å². The van der Waals surface area contributed by atoms with E-state index in [1.165, 1.54) is 6.26 Å². The van der Waals surface area contributed by atoms with Gasteiger partial charge in [0.05, 0.1) is 23.5 Å². The molecule has 0 spiro atoms. The van der Waals surface area contributed by atoms with Crippen LogP contribution in [0, 0.1) is 6.92 Å². The Balaban J connectivity index is 1.47. The van der Waals surface area contributed by atoms with Crippen molar-refractivity contribution in [2.45, 2.75) is 6.92 Å². The molecule has 3 amide bonds. The molecule has 4 rings (SSSR count). The maximum Gasteiger partial charge on any atom is 0.291 e. The lowest BCUT2D eigenvalue weighted by Crippen LogP contribution is -2.47. The molecule has 9 heteroatoms. The second-order valence-corrected chi connectivity index (χ2v) is 7.76. The molecule has 0 saturated carbocycles. The minimum absolute atomic E-state index is 0.0565. The van der Waals surface area contributed by atoms with Crippen molar-refractivity contribution in [1.82, 2.24) is 5.32 Å². The third-order valence-corrected chi connectivity index (χ3v) is 5.38. The van der Waals surface area contributed by atoms with Crippen molar-refractivity contribution in [3.05, 3.63) is 76.7 Å². The summed E-state index contributed by atoms with van der Waals surface area (Å²) in [5, 5.41) is 8.78. The van der Waals surface area contributed by atoms with Gasteiger partial charge in [-0.05, 0) is 55.0 Å². The Bertz CT molecular complexity index is 1180. The molecule has 1 aromatic heterocycles. The molecule has 1 saturated heterocycles. The first kappa shape index (κ1) is 21.5. The Morgan fingerprint density at radius 2 is 1.94 bits per heavy atom. The molecule has 0 bridgehead atoms. The van der Waals surface area contributed by atoms with E-state index in [0.717, 1.165) is 11.3 Å². The zero-order valence-corrected chi connectivity index (χ0v) is 18.0. The molecule has 32 heavy (non-hydrogen) atoms. The molecule has 3 N–H and O–H groups in total. The van der Waals surface area contributed by atoms with Crippen LogP contribution in [0.4, 0.5) is 17.1 Å². The lowest BCUT2D eigenvalue weighted by atomic mass is 10.1. The van der Waals surface area contributed by atoms with Gasteiger partial charge in [0.15, 0.2) is 5.76 Å². The van der Waals surface area contributed by atoms with Gasteiger partial charge in [0.1, 0.15) is 0 Å². The quantitative estimate of drug-likeness (QED) is 0.548. The van der Waals surface area contributed by atoms with Gasteiger partial charge in [-0.25, -0.2) is 0 Å². The van der Waals surface area contributed by atoms with Gasteiger partial charge >= 0.3 is 0 Å². The van der Waals surface area contributed by atoms with Crippen molar-refractivity contribution in [3.63, 3.8) is 0 Å². The fraction of sp³-hybridized carbons (Fsp3) is 0.174. The zero-order chi connectivity index (χ0) is 22.7. The Kier molecular flexibility index (Phi) is 6.13. The van der Waals surface area contributed by atoms with Crippen molar-refractivity contribution in [2.75, 3.05) is 35.2 Å². The molecule has 164 valence electrons. The van der Waals surface area contributed by atoms with Gasteiger partial charge in [-0.15, -0.1) is 0 Å². The van der Waals surface area contributed by atoms with Crippen LogP contribution in [0.15, 0.2) is 59.2 Å². The Labute approximate surface area is 189 Å². The summed E-state index contributed by atoms with van der Waals surface area (Å²) in [6.45, 7) is 3.28. The number of halogens is 1. The normalized spacial score (nSPS) is 13.4. The number of nitrogens with one attached hydrogen (secondary N) is 3. The second kappa shape index (κ2) is 9.15. The van der Waals surface area contributed by atoms with Gasteiger partial charge in [-0.2, -0.15) is 0 Å². The summed E-state index contributed by atoms with van der Waals surface area (Å²) >= 11 is 6.41. The summed E-state index contributed by atoms with van der Waals surface area (Å²) in [7, 11) is 0. The number of amides is 3. The highest BCUT2D eigenvalue weighted by atomic mass is 35.5. The molecular formula is C23H21ClN4O4. The number of benzene rings is 2. The summed E-state index contributed by atoms with van der Waals surface area (Å²) in [5.74, 6) is -0.622. The number of hydrogen-bond donors (Lipinski definition) is 3. The van der Waals surface area contributed by atoms with E-state index in [-0.39, 0.29) is 24.1 Å². The summed E-state index contributed by atoms with van der Waals surface area (Å²) < 4.78 is 5.11. The maximum absolute atomic E-state index is 12.8. The molecule has 1 aliphatic rings. The molecule has 8 nitrogen and oxygen atoms in total. The first-order chi connectivity index (χ1) is 15.4. The first-order valence-electron chi connectivity index (χ1n) is 9.99. The highest BCUT2D eigenvalue weighted by Gasteiger charge is 2.19. The van der Waals surface area contributed by atoms with Crippen molar-refractivity contribution in [1.29, 1.82) is 0 Å². The minimum Gasteiger partial charge on any atom is -0.459 e. The third-order valence-electron chi connectivity index (χ3n) is 5.08. The van der Waals surface area contributed by atoms with E-state index in [4.69, 9.17) is 16.0 Å². The number of piperazine rings is 1. The number of nitrogens with zero attached hydrogens (tertiary/aromatic N) is 1. The number of furan rings is 1. The maximum atomic E-state index is 12.8. The predicted octanol–water partition coefficient (Wildman–Crippen LogP) is 3.68. The van der Waals surface area contributed by atoms with Crippen molar-refractivity contribution in [2.24, 2.45) is 0 Å². The van der Waals surface area contributed by atoms with Gasteiger partial charge in [0, 0.05) is 30.0 Å². The minimum atomic E-state index is -0.399. The van der Waals surface area contributed by atoms with Crippen LogP contribution in [-0.4, -0.2) is 37.4 Å². The fourth-order valence-corrected chi connectivity index (χ4v) is 3.68. The molecule has 0 radical (unpaired) electrons. The van der Waals surface area contributed by atoms with E-state index in [9.17, 15) is 14.4 Å². The average molecular weight is 453 g/mol. The molecule has 1 aliphatic heterocycles. The molecule has 0 aliphatic carbocycles. The number of rotatable bonds is 5. The Morgan fingerprint density at radius 3 is 2.66 bits per heavy atom. The van der Waals surface area contributed by atoms with Gasteiger partial charge in [0.25, 0.3) is 11.8 Å². The van der Waals surface area contributed by atoms with Crippen LogP contribution in [0.2, 0.25) is 5.02 Å². The van der Waals surface area contributed by atoms with Gasteiger partial charge in [-0.1, -0.05) is 17.7 Å².